The maximum Gasteiger partial charge on any atom is 0.240 e. The van der Waals surface area contributed by atoms with Gasteiger partial charge in [0, 0.05) is 25.3 Å². The van der Waals surface area contributed by atoms with Gasteiger partial charge in [0.2, 0.25) is 11.8 Å². The molecule has 6 atom stereocenters. The zero-order chi connectivity index (χ0) is 20.8. The molecule has 0 aromatic heterocycles. The van der Waals surface area contributed by atoms with E-state index in [1.165, 1.54) is 51.4 Å². The fourth-order valence-corrected chi connectivity index (χ4v) is 6.40. The van der Waals surface area contributed by atoms with Crippen molar-refractivity contribution in [2.24, 2.45) is 45.7 Å². The smallest absolute Gasteiger partial charge is 0.240 e. The highest BCUT2D eigenvalue weighted by Crippen LogP contribution is 2.48. The number of carbonyl (C=O) groups excluding carboxylic acids is 2. The predicted molar refractivity (Wildman–Crippen MR) is 119 cm³/mol. The van der Waals surface area contributed by atoms with Crippen molar-refractivity contribution in [1.29, 1.82) is 0 Å². The number of carbonyl (C=O) groups is 2. The van der Waals surface area contributed by atoms with Crippen molar-refractivity contribution in [2.45, 2.75) is 89.9 Å². The van der Waals surface area contributed by atoms with Crippen molar-refractivity contribution in [1.82, 2.24) is 10.9 Å². The molecule has 0 aliphatic heterocycles. The van der Waals surface area contributed by atoms with Crippen LogP contribution >= 0.6 is 0 Å². The van der Waals surface area contributed by atoms with E-state index in [1.54, 1.807) is 0 Å². The molecule has 0 aromatic rings. The summed E-state index contributed by atoms with van der Waals surface area (Å²) >= 11 is 0. The van der Waals surface area contributed by atoms with E-state index < -0.39 is 0 Å². The van der Waals surface area contributed by atoms with Crippen LogP contribution in [0.4, 0.5) is 0 Å². The van der Waals surface area contributed by atoms with Crippen molar-refractivity contribution in [2.75, 3.05) is 0 Å². The molecular weight excluding hydrogens is 376 g/mol. The van der Waals surface area contributed by atoms with Crippen LogP contribution in [0.25, 0.3) is 0 Å². The molecular formula is C24H38N4O2. The maximum absolute atomic E-state index is 11.9. The number of rotatable bonds is 11. The number of hydrogen-bond donors (Lipinski definition) is 2. The van der Waals surface area contributed by atoms with Crippen molar-refractivity contribution in [3.05, 3.63) is 0 Å². The van der Waals surface area contributed by atoms with Crippen LogP contribution in [-0.4, -0.2) is 24.2 Å². The summed E-state index contributed by atoms with van der Waals surface area (Å²) in [6, 6.07) is 0. The second kappa shape index (κ2) is 10.5. The van der Waals surface area contributed by atoms with Gasteiger partial charge in [0.1, 0.15) is 0 Å². The lowest BCUT2D eigenvalue weighted by Crippen LogP contribution is -2.20. The number of amides is 2. The third kappa shape index (κ3) is 5.92. The van der Waals surface area contributed by atoms with E-state index in [4.69, 9.17) is 0 Å². The van der Waals surface area contributed by atoms with Gasteiger partial charge >= 0.3 is 0 Å². The monoisotopic (exact) mass is 414 g/mol. The first-order valence-corrected chi connectivity index (χ1v) is 12.3. The van der Waals surface area contributed by atoms with Crippen molar-refractivity contribution in [3.63, 3.8) is 0 Å². The Balaban J connectivity index is 0.974. The summed E-state index contributed by atoms with van der Waals surface area (Å²) in [5, 5.41) is 8.38. The van der Waals surface area contributed by atoms with E-state index in [0.29, 0.717) is 24.7 Å². The quantitative estimate of drug-likeness (QED) is 0.298. The molecule has 0 spiro atoms. The Kier molecular flexibility index (Phi) is 7.56. The molecule has 4 rings (SSSR count). The molecule has 6 heteroatoms. The fraction of sp³-hybridized carbons (Fsp3) is 0.833. The molecule has 4 saturated carbocycles. The molecule has 4 aliphatic rings. The lowest BCUT2D eigenvalue weighted by Gasteiger charge is -2.16. The van der Waals surface area contributed by atoms with E-state index in [1.807, 2.05) is 12.4 Å². The lowest BCUT2D eigenvalue weighted by molar-refractivity contribution is -0.122. The lowest BCUT2D eigenvalue weighted by atomic mass is 9.90. The molecule has 0 radical (unpaired) electrons. The maximum atomic E-state index is 11.9. The van der Waals surface area contributed by atoms with Gasteiger partial charge in [0.05, 0.1) is 0 Å². The van der Waals surface area contributed by atoms with Gasteiger partial charge in [0.25, 0.3) is 0 Å². The number of hydrogen-bond acceptors (Lipinski definition) is 4. The first kappa shape index (κ1) is 21.5. The largest absolute Gasteiger partial charge is 0.273 e. The Hall–Kier alpha value is -1.72. The second-order valence-corrected chi connectivity index (χ2v) is 10.2. The molecule has 4 bridgehead atoms. The van der Waals surface area contributed by atoms with Gasteiger partial charge in [-0.1, -0.05) is 25.7 Å². The number of unbranched alkanes of at least 4 members (excludes halogenated alkanes) is 3. The van der Waals surface area contributed by atoms with Crippen LogP contribution in [0.2, 0.25) is 0 Å². The minimum absolute atomic E-state index is 0.00195. The molecule has 166 valence electrons. The Morgan fingerprint density at radius 2 is 1.13 bits per heavy atom. The zero-order valence-corrected chi connectivity index (χ0v) is 18.2. The van der Waals surface area contributed by atoms with E-state index >= 15 is 0 Å². The summed E-state index contributed by atoms with van der Waals surface area (Å²) in [6.07, 6.45) is 19.2. The summed E-state index contributed by atoms with van der Waals surface area (Å²) in [5.74, 6) is 4.56. The molecule has 2 amide bonds. The van der Waals surface area contributed by atoms with E-state index in [0.717, 1.165) is 49.4 Å². The molecule has 0 heterocycles. The van der Waals surface area contributed by atoms with Gasteiger partial charge in [-0.25, -0.2) is 10.9 Å². The number of fused-ring (bicyclic) bond motifs is 4. The van der Waals surface area contributed by atoms with Gasteiger partial charge < -0.3 is 0 Å². The van der Waals surface area contributed by atoms with Gasteiger partial charge in [0.15, 0.2) is 0 Å². The van der Waals surface area contributed by atoms with Crippen LogP contribution in [0.3, 0.4) is 0 Å². The highest BCUT2D eigenvalue weighted by molar-refractivity contribution is 5.77. The number of nitrogens with zero attached hydrogens (tertiary/aromatic N) is 2. The van der Waals surface area contributed by atoms with Gasteiger partial charge in [-0.15, -0.1) is 0 Å². The average Bonchev–Trinajstić information content (AvgIpc) is 3.52. The SMILES string of the molecule is O=C(CCCCCCC(=O)N/N=C/C1CC2CCC1C2)N/N=C\C1CC2CCC1C2. The molecule has 30 heavy (non-hydrogen) atoms. The molecule has 4 aliphatic carbocycles. The van der Waals surface area contributed by atoms with Gasteiger partial charge in [-0.05, 0) is 86.9 Å². The van der Waals surface area contributed by atoms with Crippen LogP contribution < -0.4 is 10.9 Å². The Morgan fingerprint density at radius 3 is 1.50 bits per heavy atom. The fourth-order valence-electron chi connectivity index (χ4n) is 6.40. The summed E-state index contributed by atoms with van der Waals surface area (Å²) in [4.78, 5) is 23.8. The van der Waals surface area contributed by atoms with Gasteiger partial charge in [-0.2, -0.15) is 10.2 Å². The minimum atomic E-state index is 0.00195. The van der Waals surface area contributed by atoms with Crippen LogP contribution in [0.1, 0.15) is 89.9 Å². The molecule has 2 N–H and O–H groups in total. The second-order valence-electron chi connectivity index (χ2n) is 10.2. The highest BCUT2D eigenvalue weighted by Gasteiger charge is 2.39. The van der Waals surface area contributed by atoms with E-state index in [2.05, 4.69) is 21.1 Å². The van der Waals surface area contributed by atoms with Gasteiger partial charge in [-0.3, -0.25) is 9.59 Å². The zero-order valence-electron chi connectivity index (χ0n) is 18.2. The van der Waals surface area contributed by atoms with Crippen molar-refractivity contribution < 1.29 is 9.59 Å². The first-order chi connectivity index (χ1) is 14.7. The van der Waals surface area contributed by atoms with Crippen molar-refractivity contribution >= 4 is 24.2 Å². The average molecular weight is 415 g/mol. The first-order valence-electron chi connectivity index (χ1n) is 12.3. The van der Waals surface area contributed by atoms with E-state index in [-0.39, 0.29) is 11.8 Å². The summed E-state index contributed by atoms with van der Waals surface area (Å²) in [6.45, 7) is 0. The number of nitrogens with one attached hydrogen (secondary N) is 2. The van der Waals surface area contributed by atoms with Crippen LogP contribution in [0.15, 0.2) is 10.2 Å². The topological polar surface area (TPSA) is 82.9 Å². The third-order valence-electron chi connectivity index (χ3n) is 8.05. The molecule has 0 saturated heterocycles. The standard InChI is InChI=1S/C24H38N4O2/c29-23(27-25-15-21-13-17-7-9-19(21)11-17)5-3-1-2-4-6-24(30)28-26-16-22-14-18-8-10-20(22)12-18/h15-22H,1-14H2,(H,27,29)(H,28,30)/b25-15-,26-16+. The normalized spacial score (nSPS) is 34.4. The Labute approximate surface area is 180 Å². The molecule has 6 unspecified atom stereocenters. The Bertz CT molecular complexity index is 606. The summed E-state index contributed by atoms with van der Waals surface area (Å²) in [5.41, 5.74) is 5.37. The third-order valence-corrected chi connectivity index (χ3v) is 8.05. The molecule has 6 nitrogen and oxygen atoms in total. The van der Waals surface area contributed by atoms with Crippen molar-refractivity contribution in [3.8, 4) is 0 Å². The van der Waals surface area contributed by atoms with E-state index in [9.17, 15) is 9.59 Å². The van der Waals surface area contributed by atoms with Crippen LogP contribution in [-0.2, 0) is 9.59 Å². The molecule has 4 fully saturated rings. The van der Waals surface area contributed by atoms with Crippen LogP contribution in [0, 0.1) is 35.5 Å². The minimum Gasteiger partial charge on any atom is -0.273 e. The predicted octanol–water partition coefficient (Wildman–Crippen LogP) is 4.40. The Morgan fingerprint density at radius 1 is 0.667 bits per heavy atom. The highest BCUT2D eigenvalue weighted by atomic mass is 16.2. The molecule has 0 aromatic carbocycles. The number of hydrazone groups is 2. The summed E-state index contributed by atoms with van der Waals surface area (Å²) < 4.78 is 0. The summed E-state index contributed by atoms with van der Waals surface area (Å²) in [7, 11) is 0. The van der Waals surface area contributed by atoms with Crippen LogP contribution in [0.5, 0.6) is 0 Å².